The molecule has 0 unspecified atom stereocenters. The van der Waals surface area contributed by atoms with E-state index < -0.39 is 0 Å². The van der Waals surface area contributed by atoms with E-state index in [2.05, 4.69) is 27.6 Å². The van der Waals surface area contributed by atoms with Crippen molar-refractivity contribution in [3.63, 3.8) is 0 Å². The third-order valence-corrected chi connectivity index (χ3v) is 3.57. The average Bonchev–Trinajstić information content (AvgIpc) is 2.51. The molecule has 0 radical (unpaired) electrons. The van der Waals surface area contributed by atoms with Gasteiger partial charge in [-0.05, 0) is 52.9 Å². The van der Waals surface area contributed by atoms with Crippen molar-refractivity contribution in [3.05, 3.63) is 76.5 Å². The molecule has 3 heteroatoms. The van der Waals surface area contributed by atoms with Gasteiger partial charge in [0.2, 0.25) is 0 Å². The molecule has 0 spiro atoms. The zero-order valence-corrected chi connectivity index (χ0v) is 12.8. The number of aromatic nitrogens is 1. The van der Waals surface area contributed by atoms with Crippen molar-refractivity contribution in [3.8, 4) is 22.8 Å². The van der Waals surface area contributed by atoms with Gasteiger partial charge < -0.3 is 4.74 Å². The van der Waals surface area contributed by atoms with E-state index >= 15 is 0 Å². The highest BCUT2D eigenvalue weighted by Crippen LogP contribution is 2.25. The Morgan fingerprint density at radius 3 is 2.30 bits per heavy atom. The molecule has 98 valence electrons. The normalized spacial score (nSPS) is 10.2. The van der Waals surface area contributed by atoms with Crippen LogP contribution in [0.3, 0.4) is 0 Å². The van der Waals surface area contributed by atoms with E-state index in [0.717, 1.165) is 22.8 Å². The first-order chi connectivity index (χ1) is 9.81. The van der Waals surface area contributed by atoms with E-state index in [1.165, 1.54) is 3.57 Å². The lowest BCUT2D eigenvalue weighted by Crippen LogP contribution is -1.87. The Morgan fingerprint density at radius 2 is 1.55 bits per heavy atom. The van der Waals surface area contributed by atoms with Crippen molar-refractivity contribution in [2.24, 2.45) is 0 Å². The molecule has 0 aliphatic heterocycles. The summed E-state index contributed by atoms with van der Waals surface area (Å²) >= 11 is 2.27. The van der Waals surface area contributed by atoms with Crippen LogP contribution in [0.1, 0.15) is 0 Å². The Kier molecular flexibility index (Phi) is 3.97. The van der Waals surface area contributed by atoms with Gasteiger partial charge in [0.05, 0.1) is 5.69 Å². The summed E-state index contributed by atoms with van der Waals surface area (Å²) in [5, 5.41) is 0. The maximum absolute atomic E-state index is 5.85. The van der Waals surface area contributed by atoms with Gasteiger partial charge in [0.15, 0.2) is 0 Å². The van der Waals surface area contributed by atoms with Crippen LogP contribution in [0.4, 0.5) is 0 Å². The third-order valence-electron chi connectivity index (χ3n) is 2.85. The van der Waals surface area contributed by atoms with Crippen LogP contribution in [-0.2, 0) is 0 Å². The van der Waals surface area contributed by atoms with Crippen molar-refractivity contribution in [2.45, 2.75) is 0 Å². The Labute approximate surface area is 131 Å². The predicted molar refractivity (Wildman–Crippen MR) is 88.9 cm³/mol. The van der Waals surface area contributed by atoms with Crippen LogP contribution in [0.5, 0.6) is 11.5 Å². The van der Waals surface area contributed by atoms with Crippen molar-refractivity contribution in [1.29, 1.82) is 0 Å². The van der Waals surface area contributed by atoms with E-state index in [4.69, 9.17) is 4.74 Å². The van der Waals surface area contributed by atoms with Crippen LogP contribution in [0.2, 0.25) is 0 Å². The number of benzene rings is 2. The molecule has 20 heavy (non-hydrogen) atoms. The molecule has 0 aliphatic rings. The molecule has 0 saturated heterocycles. The van der Waals surface area contributed by atoms with Crippen molar-refractivity contribution in [1.82, 2.24) is 4.98 Å². The summed E-state index contributed by atoms with van der Waals surface area (Å²) in [4.78, 5) is 4.38. The van der Waals surface area contributed by atoms with Crippen molar-refractivity contribution < 1.29 is 4.74 Å². The molecule has 2 nitrogen and oxygen atoms in total. The SMILES string of the molecule is Ic1ccc(Oc2ccnc(-c3ccccc3)c2)cc1. The molecule has 3 rings (SSSR count). The molecule has 0 fully saturated rings. The number of ether oxygens (including phenoxy) is 1. The van der Waals surface area contributed by atoms with Crippen LogP contribution in [-0.4, -0.2) is 4.98 Å². The van der Waals surface area contributed by atoms with Gasteiger partial charge in [-0.25, -0.2) is 0 Å². The summed E-state index contributed by atoms with van der Waals surface area (Å²) in [7, 11) is 0. The van der Waals surface area contributed by atoms with E-state index in [1.807, 2.05) is 66.7 Å². The number of pyridine rings is 1. The zero-order chi connectivity index (χ0) is 13.8. The summed E-state index contributed by atoms with van der Waals surface area (Å²) in [5.74, 6) is 1.62. The molecule has 1 aromatic heterocycles. The van der Waals surface area contributed by atoms with Gasteiger partial charge in [0, 0.05) is 21.4 Å². The molecule has 0 atom stereocenters. The molecule has 0 bridgehead atoms. The average molecular weight is 373 g/mol. The highest BCUT2D eigenvalue weighted by atomic mass is 127. The van der Waals surface area contributed by atoms with Gasteiger partial charge in [-0.2, -0.15) is 0 Å². The van der Waals surface area contributed by atoms with Gasteiger partial charge in [-0.1, -0.05) is 30.3 Å². The number of hydrogen-bond donors (Lipinski definition) is 0. The molecule has 0 amide bonds. The summed E-state index contributed by atoms with van der Waals surface area (Å²) < 4.78 is 7.04. The minimum Gasteiger partial charge on any atom is -0.457 e. The van der Waals surface area contributed by atoms with E-state index in [-0.39, 0.29) is 0 Å². The lowest BCUT2D eigenvalue weighted by Gasteiger charge is -2.07. The first-order valence-corrected chi connectivity index (χ1v) is 7.34. The molecule has 3 aromatic rings. The third kappa shape index (κ3) is 3.17. The maximum Gasteiger partial charge on any atom is 0.131 e. The van der Waals surface area contributed by atoms with Crippen molar-refractivity contribution in [2.75, 3.05) is 0 Å². The standard InChI is InChI=1S/C17H12INO/c18-14-6-8-15(9-7-14)20-16-10-11-19-17(12-16)13-4-2-1-3-5-13/h1-12H. The summed E-state index contributed by atoms with van der Waals surface area (Å²) in [5.41, 5.74) is 1.99. The fraction of sp³-hybridized carbons (Fsp3) is 0. The maximum atomic E-state index is 5.85. The predicted octanol–water partition coefficient (Wildman–Crippen LogP) is 5.15. The molecule has 0 N–H and O–H groups in total. The Morgan fingerprint density at radius 1 is 0.800 bits per heavy atom. The lowest BCUT2D eigenvalue weighted by molar-refractivity contribution is 0.482. The number of nitrogens with zero attached hydrogens (tertiary/aromatic N) is 1. The van der Waals surface area contributed by atoms with Gasteiger partial charge in [-0.3, -0.25) is 4.98 Å². The van der Waals surface area contributed by atoms with Crippen LogP contribution >= 0.6 is 22.6 Å². The summed E-state index contributed by atoms with van der Waals surface area (Å²) in [6.07, 6.45) is 1.77. The fourth-order valence-corrected chi connectivity index (χ4v) is 2.24. The second-order valence-corrected chi connectivity index (χ2v) is 5.54. The van der Waals surface area contributed by atoms with Crippen LogP contribution in [0, 0.1) is 3.57 Å². The highest BCUT2D eigenvalue weighted by molar-refractivity contribution is 14.1. The number of hydrogen-bond acceptors (Lipinski definition) is 2. The first-order valence-electron chi connectivity index (χ1n) is 6.26. The topological polar surface area (TPSA) is 22.1 Å². The minimum atomic E-state index is 0.792. The molecule has 2 aromatic carbocycles. The molecule has 0 saturated carbocycles. The highest BCUT2D eigenvalue weighted by Gasteiger charge is 2.02. The monoisotopic (exact) mass is 373 g/mol. The van der Waals surface area contributed by atoms with Crippen molar-refractivity contribution >= 4 is 22.6 Å². The number of halogens is 1. The second kappa shape index (κ2) is 6.05. The molecular weight excluding hydrogens is 361 g/mol. The van der Waals surface area contributed by atoms with Gasteiger partial charge in [0.1, 0.15) is 11.5 Å². The first kappa shape index (κ1) is 13.1. The molecule has 0 aliphatic carbocycles. The summed E-state index contributed by atoms with van der Waals surface area (Å²) in [6.45, 7) is 0. The summed E-state index contributed by atoms with van der Waals surface area (Å²) in [6, 6.07) is 21.9. The van der Waals surface area contributed by atoms with Gasteiger partial charge >= 0.3 is 0 Å². The Bertz CT molecular complexity index is 696. The van der Waals surface area contributed by atoms with E-state index in [9.17, 15) is 0 Å². The van der Waals surface area contributed by atoms with Crippen LogP contribution < -0.4 is 4.74 Å². The smallest absolute Gasteiger partial charge is 0.131 e. The van der Waals surface area contributed by atoms with E-state index in [0.29, 0.717) is 0 Å². The fourth-order valence-electron chi connectivity index (χ4n) is 1.88. The lowest BCUT2D eigenvalue weighted by atomic mass is 10.1. The largest absolute Gasteiger partial charge is 0.457 e. The zero-order valence-electron chi connectivity index (χ0n) is 10.7. The van der Waals surface area contributed by atoms with Gasteiger partial charge in [-0.15, -0.1) is 0 Å². The quantitative estimate of drug-likeness (QED) is 0.593. The Hall–Kier alpha value is -1.88. The van der Waals surface area contributed by atoms with Crippen LogP contribution in [0.15, 0.2) is 72.9 Å². The van der Waals surface area contributed by atoms with E-state index in [1.54, 1.807) is 6.20 Å². The second-order valence-electron chi connectivity index (χ2n) is 4.30. The van der Waals surface area contributed by atoms with Gasteiger partial charge in [0.25, 0.3) is 0 Å². The van der Waals surface area contributed by atoms with Crippen LogP contribution in [0.25, 0.3) is 11.3 Å². The number of rotatable bonds is 3. The molecular formula is C17H12INO. The molecule has 1 heterocycles. The Balaban J connectivity index is 1.86. The minimum absolute atomic E-state index is 0.792.